The first-order valence-electron chi connectivity index (χ1n) is 9.10. The van der Waals surface area contributed by atoms with Gasteiger partial charge >= 0.3 is 0 Å². The average Bonchev–Trinajstić information content (AvgIpc) is 3.12. The number of fused-ring (bicyclic) bond motifs is 2. The van der Waals surface area contributed by atoms with E-state index < -0.39 is 22.4 Å². The Balaban J connectivity index is 1.49. The molecule has 150 valence electrons. The first-order chi connectivity index (χ1) is 13.4. The molecule has 28 heavy (non-hydrogen) atoms. The van der Waals surface area contributed by atoms with Crippen LogP contribution in [0.25, 0.3) is 0 Å². The van der Waals surface area contributed by atoms with Gasteiger partial charge in [0.05, 0.1) is 28.1 Å². The second-order valence-corrected chi connectivity index (χ2v) is 10.2. The Hall–Kier alpha value is -1.04. The van der Waals surface area contributed by atoms with E-state index in [1.807, 2.05) is 37.3 Å². The lowest BCUT2D eigenvalue weighted by atomic mass is 10.0. The van der Waals surface area contributed by atoms with Gasteiger partial charge in [-0.3, -0.25) is 0 Å². The van der Waals surface area contributed by atoms with E-state index >= 15 is 0 Å². The minimum absolute atomic E-state index is 0.132. The zero-order valence-electron chi connectivity index (χ0n) is 15.3. The predicted octanol–water partition coefficient (Wildman–Crippen LogP) is 2.79. The highest BCUT2D eigenvalue weighted by Gasteiger charge is 2.51. The molecule has 0 saturated carbocycles. The molecule has 0 aliphatic carbocycles. The van der Waals surface area contributed by atoms with Crippen LogP contribution in [0.4, 0.5) is 0 Å². The number of hydrogen-bond donors (Lipinski definition) is 1. The van der Waals surface area contributed by atoms with E-state index in [1.54, 1.807) is 24.3 Å². The SMILES string of the molecule is Cc1ccc(S(=O)(=O)N[C@H]2[C@H](I)[C@@H](OCc3ccccc3)[C@@H]3OC[C@H]2O3)cc1. The molecule has 2 aliphatic heterocycles. The van der Waals surface area contributed by atoms with Crippen molar-refractivity contribution in [1.29, 1.82) is 0 Å². The Morgan fingerprint density at radius 3 is 2.57 bits per heavy atom. The van der Waals surface area contributed by atoms with Crippen LogP contribution in [-0.4, -0.2) is 43.5 Å². The number of halogens is 1. The highest BCUT2D eigenvalue weighted by Crippen LogP contribution is 2.35. The summed E-state index contributed by atoms with van der Waals surface area (Å²) < 4.78 is 46.1. The molecule has 2 aromatic carbocycles. The molecule has 2 saturated heterocycles. The first-order valence-corrected chi connectivity index (χ1v) is 11.8. The van der Waals surface area contributed by atoms with Crippen molar-refractivity contribution in [3.8, 4) is 0 Å². The molecule has 0 aromatic heterocycles. The quantitative estimate of drug-likeness (QED) is 0.474. The summed E-state index contributed by atoms with van der Waals surface area (Å²) >= 11 is 2.25. The molecule has 6 nitrogen and oxygen atoms in total. The number of ether oxygens (including phenoxy) is 3. The Morgan fingerprint density at radius 1 is 1.14 bits per heavy atom. The van der Waals surface area contributed by atoms with Crippen molar-refractivity contribution in [2.75, 3.05) is 6.61 Å². The summed E-state index contributed by atoms with van der Waals surface area (Å²) in [7, 11) is -3.67. The van der Waals surface area contributed by atoms with E-state index in [4.69, 9.17) is 14.2 Å². The largest absolute Gasteiger partial charge is 0.367 e. The van der Waals surface area contributed by atoms with Gasteiger partial charge in [0, 0.05) is 0 Å². The average molecular weight is 515 g/mol. The summed E-state index contributed by atoms with van der Waals surface area (Å²) in [5.74, 6) is 0. The number of hydrogen-bond acceptors (Lipinski definition) is 5. The van der Waals surface area contributed by atoms with Gasteiger partial charge in [-0.2, -0.15) is 0 Å². The van der Waals surface area contributed by atoms with Gasteiger partial charge in [0.2, 0.25) is 10.0 Å². The van der Waals surface area contributed by atoms with Crippen molar-refractivity contribution in [2.45, 2.75) is 46.9 Å². The van der Waals surface area contributed by atoms with Gasteiger partial charge in [-0.25, -0.2) is 13.1 Å². The standard InChI is InChI=1S/C20H22INO5S/c1-13-7-9-15(10-8-13)28(23,24)22-18-16-12-26-20(27-16)19(17(18)21)25-11-14-5-3-2-4-6-14/h2-10,16-20,22H,11-12H2,1H3/t16-,17+,18-,19-,20-/m1/s1. The van der Waals surface area contributed by atoms with Gasteiger partial charge in [-0.15, -0.1) is 0 Å². The number of aryl methyl sites for hydroxylation is 1. The number of benzene rings is 2. The summed E-state index contributed by atoms with van der Waals surface area (Å²) in [6.07, 6.45) is -1.18. The third-order valence-corrected chi connectivity index (χ3v) is 7.93. The normalized spacial score (nSPS) is 29.7. The van der Waals surface area contributed by atoms with E-state index in [-0.39, 0.29) is 21.0 Å². The maximum Gasteiger partial charge on any atom is 0.240 e. The second kappa shape index (κ2) is 8.37. The van der Waals surface area contributed by atoms with E-state index in [0.29, 0.717) is 13.2 Å². The maximum absolute atomic E-state index is 12.9. The van der Waals surface area contributed by atoms with E-state index in [9.17, 15) is 8.42 Å². The Morgan fingerprint density at radius 2 is 1.86 bits per heavy atom. The molecule has 0 amide bonds. The predicted molar refractivity (Wildman–Crippen MR) is 113 cm³/mol. The van der Waals surface area contributed by atoms with Crippen LogP contribution in [0.5, 0.6) is 0 Å². The van der Waals surface area contributed by atoms with Crippen LogP contribution >= 0.6 is 22.6 Å². The highest BCUT2D eigenvalue weighted by atomic mass is 127. The van der Waals surface area contributed by atoms with Crippen molar-refractivity contribution < 1.29 is 22.6 Å². The summed E-state index contributed by atoms with van der Waals surface area (Å²) in [4.78, 5) is 0.240. The van der Waals surface area contributed by atoms with E-state index in [2.05, 4.69) is 27.3 Å². The summed E-state index contributed by atoms with van der Waals surface area (Å²) in [6.45, 7) is 2.68. The molecule has 2 heterocycles. The molecule has 8 heteroatoms. The van der Waals surface area contributed by atoms with Crippen molar-refractivity contribution in [2.24, 2.45) is 0 Å². The molecule has 2 aliphatic rings. The van der Waals surface area contributed by atoms with Gasteiger partial charge in [0.15, 0.2) is 6.29 Å². The zero-order chi connectivity index (χ0) is 19.7. The molecular weight excluding hydrogens is 493 g/mol. The van der Waals surface area contributed by atoms with Gasteiger partial charge < -0.3 is 14.2 Å². The van der Waals surface area contributed by atoms with Gasteiger partial charge in [0.1, 0.15) is 12.2 Å². The fourth-order valence-corrected chi connectivity index (χ4v) is 6.12. The summed E-state index contributed by atoms with van der Waals surface area (Å²) in [6, 6.07) is 16.2. The Labute approximate surface area is 178 Å². The van der Waals surface area contributed by atoms with Gasteiger partial charge in [0.25, 0.3) is 0 Å². The number of rotatable bonds is 6. The van der Waals surface area contributed by atoms with E-state index in [0.717, 1.165) is 11.1 Å². The van der Waals surface area contributed by atoms with Crippen molar-refractivity contribution in [3.05, 3.63) is 65.7 Å². The van der Waals surface area contributed by atoms with Crippen LogP contribution in [-0.2, 0) is 30.8 Å². The van der Waals surface area contributed by atoms with Crippen molar-refractivity contribution >= 4 is 32.6 Å². The lowest BCUT2D eigenvalue weighted by Gasteiger charge is -2.38. The molecular formula is C20H22INO5S. The molecule has 2 bridgehead atoms. The Kier molecular flexibility index (Phi) is 6.05. The molecule has 0 spiro atoms. The molecule has 1 N–H and O–H groups in total. The third kappa shape index (κ3) is 4.27. The lowest BCUT2D eigenvalue weighted by molar-refractivity contribution is -0.176. The zero-order valence-corrected chi connectivity index (χ0v) is 18.3. The smallest absolute Gasteiger partial charge is 0.240 e. The first kappa shape index (κ1) is 20.2. The van der Waals surface area contributed by atoms with Gasteiger partial charge in [-0.1, -0.05) is 70.6 Å². The minimum Gasteiger partial charge on any atom is -0.367 e. The fraction of sp³-hybridized carbons (Fsp3) is 0.400. The molecule has 2 aromatic rings. The number of alkyl halides is 1. The van der Waals surface area contributed by atoms with Crippen LogP contribution in [0.15, 0.2) is 59.5 Å². The van der Waals surface area contributed by atoms with Crippen molar-refractivity contribution in [1.82, 2.24) is 4.72 Å². The van der Waals surface area contributed by atoms with Crippen LogP contribution < -0.4 is 4.72 Å². The summed E-state index contributed by atoms with van der Waals surface area (Å²) in [5.41, 5.74) is 2.05. The molecule has 0 unspecified atom stereocenters. The third-order valence-electron chi connectivity index (χ3n) is 4.97. The number of sulfonamides is 1. The van der Waals surface area contributed by atoms with Crippen LogP contribution in [0.1, 0.15) is 11.1 Å². The Bertz CT molecular complexity index is 906. The number of nitrogens with one attached hydrogen (secondary N) is 1. The van der Waals surface area contributed by atoms with Crippen LogP contribution in [0, 0.1) is 6.92 Å². The fourth-order valence-electron chi connectivity index (χ4n) is 3.40. The van der Waals surface area contributed by atoms with E-state index in [1.165, 1.54) is 0 Å². The minimum atomic E-state index is -3.67. The molecule has 5 atom stereocenters. The van der Waals surface area contributed by atoms with Gasteiger partial charge in [-0.05, 0) is 24.6 Å². The van der Waals surface area contributed by atoms with Crippen LogP contribution in [0.2, 0.25) is 0 Å². The monoisotopic (exact) mass is 515 g/mol. The topological polar surface area (TPSA) is 73.9 Å². The van der Waals surface area contributed by atoms with Crippen molar-refractivity contribution in [3.63, 3.8) is 0 Å². The highest BCUT2D eigenvalue weighted by molar-refractivity contribution is 14.1. The maximum atomic E-state index is 12.9. The summed E-state index contributed by atoms with van der Waals surface area (Å²) in [5, 5.41) is 0. The van der Waals surface area contributed by atoms with Crippen LogP contribution in [0.3, 0.4) is 0 Å². The molecule has 4 rings (SSSR count). The molecule has 0 radical (unpaired) electrons. The molecule has 2 fully saturated rings. The second-order valence-electron chi connectivity index (χ2n) is 7.04. The lowest BCUT2D eigenvalue weighted by Crippen LogP contribution is -2.58.